The van der Waals surface area contributed by atoms with Crippen molar-refractivity contribution in [1.29, 1.82) is 0 Å². The van der Waals surface area contributed by atoms with Crippen LogP contribution in [0.4, 0.5) is 0 Å². The Morgan fingerprint density at radius 2 is 0.600 bits per heavy atom. The Morgan fingerprint density at radius 1 is 0.273 bits per heavy atom. The minimum atomic E-state index is 0.534. The second kappa shape index (κ2) is 13.7. The minimum absolute atomic E-state index is 0.534. The fourth-order valence-corrected chi connectivity index (χ4v) is 7.10. The highest BCUT2D eigenvalue weighted by molar-refractivity contribution is 6.09. The number of benzene rings is 7. The van der Waals surface area contributed by atoms with Gasteiger partial charge in [-0.05, 0) is 30.3 Å². The Hall–Kier alpha value is -7.64. The first-order valence-corrected chi connectivity index (χ1v) is 18.1. The van der Waals surface area contributed by atoms with Crippen molar-refractivity contribution < 1.29 is 0 Å². The first kappa shape index (κ1) is 32.0. The fraction of sp³-hybridized carbons (Fsp3) is 0. The van der Waals surface area contributed by atoms with Crippen LogP contribution in [0.15, 0.2) is 188 Å². The largest absolute Gasteiger partial charge is 0.309 e. The van der Waals surface area contributed by atoms with E-state index in [1.54, 1.807) is 0 Å². The molecule has 0 atom stereocenters. The second-order valence-corrected chi connectivity index (χ2v) is 13.2. The maximum atomic E-state index is 5.21. The van der Waals surface area contributed by atoms with Crippen LogP contribution in [-0.2, 0) is 0 Å². The molecule has 7 nitrogen and oxygen atoms in total. The molecule has 0 saturated carbocycles. The van der Waals surface area contributed by atoms with E-state index in [2.05, 4.69) is 71.3 Å². The van der Waals surface area contributed by atoms with Gasteiger partial charge in [-0.3, -0.25) is 0 Å². The van der Waals surface area contributed by atoms with Crippen LogP contribution in [-0.4, -0.2) is 34.5 Å². The summed E-state index contributed by atoms with van der Waals surface area (Å²) < 4.78 is 2.30. The Balaban J connectivity index is 1.27. The molecule has 10 rings (SSSR count). The third-order valence-electron chi connectivity index (χ3n) is 9.72. The monoisotopic (exact) mass is 705 g/mol. The highest BCUT2D eigenvalue weighted by Crippen LogP contribution is 2.38. The molecule has 55 heavy (non-hydrogen) atoms. The zero-order valence-corrected chi connectivity index (χ0v) is 29.5. The lowest BCUT2D eigenvalue weighted by molar-refractivity contribution is 1.06. The molecule has 0 saturated heterocycles. The zero-order valence-electron chi connectivity index (χ0n) is 29.5. The highest BCUT2D eigenvalue weighted by Gasteiger charge is 2.21. The molecule has 10 aromatic rings. The molecule has 258 valence electrons. The van der Waals surface area contributed by atoms with Gasteiger partial charge in [-0.2, -0.15) is 0 Å². The predicted octanol–water partition coefficient (Wildman–Crippen LogP) is 11.2. The van der Waals surface area contributed by atoms with Gasteiger partial charge in [0, 0.05) is 44.2 Å². The Morgan fingerprint density at radius 3 is 1.00 bits per heavy atom. The molecule has 0 aliphatic heterocycles. The molecule has 0 fully saturated rings. The normalized spacial score (nSPS) is 11.3. The van der Waals surface area contributed by atoms with Gasteiger partial charge in [-0.1, -0.05) is 158 Å². The van der Waals surface area contributed by atoms with E-state index < -0.39 is 0 Å². The summed E-state index contributed by atoms with van der Waals surface area (Å²) in [5, 5.41) is 2.33. The van der Waals surface area contributed by atoms with Crippen LogP contribution in [0.3, 0.4) is 0 Å². The summed E-state index contributed by atoms with van der Waals surface area (Å²) in [6, 6.07) is 63.5. The van der Waals surface area contributed by atoms with Gasteiger partial charge in [0.25, 0.3) is 0 Å². The summed E-state index contributed by atoms with van der Waals surface area (Å²) in [5.41, 5.74) is 8.30. The predicted molar refractivity (Wildman–Crippen MR) is 220 cm³/mol. The fourth-order valence-electron chi connectivity index (χ4n) is 7.10. The van der Waals surface area contributed by atoms with Crippen LogP contribution in [0.2, 0.25) is 0 Å². The van der Waals surface area contributed by atoms with Crippen molar-refractivity contribution in [3.05, 3.63) is 188 Å². The van der Waals surface area contributed by atoms with Crippen LogP contribution in [0.5, 0.6) is 0 Å². The van der Waals surface area contributed by atoms with Crippen LogP contribution >= 0.6 is 0 Å². The lowest BCUT2D eigenvalue weighted by Crippen LogP contribution is -2.05. The van der Waals surface area contributed by atoms with Gasteiger partial charge in [-0.25, -0.2) is 29.9 Å². The van der Waals surface area contributed by atoms with Crippen molar-refractivity contribution >= 4 is 21.8 Å². The lowest BCUT2D eigenvalue weighted by Gasteiger charge is -2.16. The third-order valence-corrected chi connectivity index (χ3v) is 9.72. The molecule has 3 heterocycles. The molecule has 0 aliphatic rings. The molecule has 0 unspecified atom stereocenters. The van der Waals surface area contributed by atoms with E-state index in [-0.39, 0.29) is 0 Å². The van der Waals surface area contributed by atoms with Crippen LogP contribution in [0.25, 0.3) is 95.8 Å². The number of fused-ring (bicyclic) bond motifs is 3. The molecule has 0 radical (unpaired) electrons. The maximum Gasteiger partial charge on any atom is 0.166 e. The van der Waals surface area contributed by atoms with E-state index in [0.717, 1.165) is 60.9 Å². The molecular weight excluding hydrogens is 675 g/mol. The van der Waals surface area contributed by atoms with Gasteiger partial charge in [0.05, 0.1) is 16.7 Å². The molecule has 3 aromatic heterocycles. The van der Waals surface area contributed by atoms with Gasteiger partial charge in [-0.15, -0.1) is 0 Å². The van der Waals surface area contributed by atoms with Gasteiger partial charge in [0.2, 0.25) is 0 Å². The van der Waals surface area contributed by atoms with Crippen LogP contribution < -0.4 is 0 Å². The van der Waals surface area contributed by atoms with Crippen molar-refractivity contribution in [3.8, 4) is 74.0 Å². The Labute approximate surface area is 317 Å². The third kappa shape index (κ3) is 5.99. The second-order valence-electron chi connectivity index (χ2n) is 13.2. The van der Waals surface area contributed by atoms with Crippen molar-refractivity contribution in [2.75, 3.05) is 0 Å². The maximum absolute atomic E-state index is 5.21. The number of aromatic nitrogens is 7. The summed E-state index contributed by atoms with van der Waals surface area (Å²) in [6.45, 7) is 0. The molecule has 7 heteroatoms. The van der Waals surface area contributed by atoms with E-state index in [9.17, 15) is 0 Å². The molecular formula is C48H31N7. The van der Waals surface area contributed by atoms with Gasteiger partial charge in [0.1, 0.15) is 0 Å². The molecule has 7 aromatic carbocycles. The van der Waals surface area contributed by atoms with Gasteiger partial charge < -0.3 is 4.57 Å². The Bertz CT molecular complexity index is 2800. The van der Waals surface area contributed by atoms with E-state index in [0.29, 0.717) is 34.9 Å². The van der Waals surface area contributed by atoms with Crippen molar-refractivity contribution in [3.63, 3.8) is 0 Å². The highest BCUT2D eigenvalue weighted by atomic mass is 15.1. The van der Waals surface area contributed by atoms with Crippen molar-refractivity contribution in [2.45, 2.75) is 0 Å². The number of nitrogens with zero attached hydrogens (tertiary/aromatic N) is 7. The lowest BCUT2D eigenvalue weighted by atomic mass is 10.1. The summed E-state index contributed by atoms with van der Waals surface area (Å²) in [4.78, 5) is 30.5. The van der Waals surface area contributed by atoms with Crippen molar-refractivity contribution in [2.24, 2.45) is 0 Å². The van der Waals surface area contributed by atoms with E-state index in [4.69, 9.17) is 29.9 Å². The number of hydrogen-bond acceptors (Lipinski definition) is 6. The topological polar surface area (TPSA) is 82.3 Å². The van der Waals surface area contributed by atoms with E-state index in [1.165, 1.54) is 0 Å². The van der Waals surface area contributed by atoms with E-state index in [1.807, 2.05) is 121 Å². The summed E-state index contributed by atoms with van der Waals surface area (Å²) >= 11 is 0. The Kier molecular flexibility index (Phi) is 8.00. The SMILES string of the molecule is c1ccc(-c2nc(-c3ccccc3)nc(-c3ccc(-n4c5ccccc5c5ccccc54)c(-c4nc(-c5ccccc5)nc(-c5ccccc5)n4)c3)n2)cc1. The minimum Gasteiger partial charge on any atom is -0.309 e. The van der Waals surface area contributed by atoms with Crippen molar-refractivity contribution in [1.82, 2.24) is 34.5 Å². The summed E-state index contributed by atoms with van der Waals surface area (Å²) in [7, 11) is 0. The number of hydrogen-bond donors (Lipinski definition) is 0. The summed E-state index contributed by atoms with van der Waals surface area (Å²) in [6.07, 6.45) is 0. The first-order valence-electron chi connectivity index (χ1n) is 18.1. The van der Waals surface area contributed by atoms with Crippen LogP contribution in [0, 0.1) is 0 Å². The zero-order chi connectivity index (χ0) is 36.6. The standard InChI is InChI=1S/C48H31N7/c1-5-17-32(18-6-1)43-49-44(33-19-7-2-8-20-33)52-47(51-43)36-29-30-42(55-40-27-15-13-25-37(40)38-26-14-16-28-41(38)55)39(31-36)48-53-45(34-21-9-3-10-22-34)50-46(54-48)35-23-11-4-12-24-35/h1-31H. The average Bonchev–Trinajstić information content (AvgIpc) is 3.61. The van der Waals surface area contributed by atoms with E-state index >= 15 is 0 Å². The number of rotatable bonds is 7. The number of para-hydroxylation sites is 2. The smallest absolute Gasteiger partial charge is 0.166 e. The van der Waals surface area contributed by atoms with Gasteiger partial charge >= 0.3 is 0 Å². The molecule has 0 bridgehead atoms. The molecule has 0 aliphatic carbocycles. The van der Waals surface area contributed by atoms with Crippen LogP contribution in [0.1, 0.15) is 0 Å². The molecule has 0 spiro atoms. The van der Waals surface area contributed by atoms with Gasteiger partial charge in [0.15, 0.2) is 34.9 Å². The average molecular weight is 706 g/mol. The molecule has 0 N–H and O–H groups in total. The quantitative estimate of drug-likeness (QED) is 0.164. The molecule has 0 amide bonds. The first-order chi connectivity index (χ1) is 27.3. The summed E-state index contributed by atoms with van der Waals surface area (Å²) in [5.74, 6) is 3.43.